The van der Waals surface area contributed by atoms with Crippen LogP contribution in [0.2, 0.25) is 0 Å². The van der Waals surface area contributed by atoms with E-state index in [-0.39, 0.29) is 0 Å². The second kappa shape index (κ2) is 1.71. The molecule has 1 heterocycles. The number of nitrogen functional groups attached to an aromatic ring is 1. The zero-order valence-electron chi connectivity index (χ0n) is 5.91. The molecule has 10 heavy (non-hydrogen) atoms. The van der Waals surface area contributed by atoms with Gasteiger partial charge in [-0.25, -0.2) is 4.68 Å². The topological polar surface area (TPSA) is 56.7 Å². The molecule has 2 N–H and O–H groups in total. The van der Waals surface area contributed by atoms with E-state index in [0.29, 0.717) is 5.92 Å². The number of aromatic nitrogens is 3. The van der Waals surface area contributed by atoms with Gasteiger partial charge >= 0.3 is 0 Å². The zero-order valence-corrected chi connectivity index (χ0v) is 5.91. The minimum Gasteiger partial charge on any atom is -0.382 e. The second-order valence-corrected chi connectivity index (χ2v) is 2.76. The smallest absolute Gasteiger partial charge is 0.145 e. The number of nitrogens with zero attached hydrogens (tertiary/aromatic N) is 3. The minimum absolute atomic E-state index is 0.605. The zero-order chi connectivity index (χ0) is 7.14. The number of anilines is 1. The molecule has 1 aromatic rings. The van der Waals surface area contributed by atoms with Gasteiger partial charge in [-0.1, -0.05) is 5.21 Å². The summed E-state index contributed by atoms with van der Waals surface area (Å²) in [4.78, 5) is 0. The average molecular weight is 138 g/mol. The van der Waals surface area contributed by atoms with Gasteiger partial charge in [-0.15, -0.1) is 5.10 Å². The molecule has 4 heteroatoms. The Bertz CT molecular complexity index is 248. The van der Waals surface area contributed by atoms with Gasteiger partial charge in [0.1, 0.15) is 11.5 Å². The van der Waals surface area contributed by atoms with Crippen LogP contribution in [-0.4, -0.2) is 15.0 Å². The molecule has 0 atom stereocenters. The fourth-order valence-corrected chi connectivity index (χ4v) is 1.03. The highest BCUT2D eigenvalue weighted by Gasteiger charge is 2.29. The molecular formula is C6H10N4. The fourth-order valence-electron chi connectivity index (χ4n) is 1.03. The molecule has 1 aliphatic carbocycles. The molecule has 0 saturated heterocycles. The minimum atomic E-state index is 0.605. The Balaban J connectivity index is 2.40. The number of nitrogens with two attached hydrogens (primary N) is 1. The quantitative estimate of drug-likeness (QED) is 0.606. The molecule has 54 valence electrons. The first-order chi connectivity index (χ1) is 4.79. The van der Waals surface area contributed by atoms with Crippen molar-refractivity contribution in [3.8, 4) is 0 Å². The summed E-state index contributed by atoms with van der Waals surface area (Å²) < 4.78 is 1.62. The van der Waals surface area contributed by atoms with Crippen LogP contribution in [0.25, 0.3) is 0 Å². The monoisotopic (exact) mass is 138 g/mol. The second-order valence-electron chi connectivity index (χ2n) is 2.76. The molecule has 0 aliphatic heterocycles. The molecule has 1 fully saturated rings. The summed E-state index contributed by atoms with van der Waals surface area (Å²) in [6.45, 7) is 0. The summed E-state index contributed by atoms with van der Waals surface area (Å²) in [5, 5.41) is 7.78. The van der Waals surface area contributed by atoms with Crippen LogP contribution in [0.3, 0.4) is 0 Å². The van der Waals surface area contributed by atoms with Gasteiger partial charge in [0.05, 0.1) is 0 Å². The standard InChI is InChI=1S/C6H10N4/c1-10-6(7)5(8-9-10)4-2-3-4/h4H,2-3,7H2,1H3. The van der Waals surface area contributed by atoms with Crippen LogP contribution in [0.1, 0.15) is 24.5 Å². The van der Waals surface area contributed by atoms with Crippen molar-refractivity contribution in [2.24, 2.45) is 7.05 Å². The summed E-state index contributed by atoms with van der Waals surface area (Å²) in [7, 11) is 1.81. The van der Waals surface area contributed by atoms with Gasteiger partial charge < -0.3 is 5.73 Å². The number of hydrogen-bond acceptors (Lipinski definition) is 3. The highest BCUT2D eigenvalue weighted by atomic mass is 15.4. The third-order valence-electron chi connectivity index (χ3n) is 1.86. The first kappa shape index (κ1) is 5.70. The Morgan fingerprint density at radius 2 is 2.30 bits per heavy atom. The lowest BCUT2D eigenvalue weighted by Gasteiger charge is -1.92. The maximum absolute atomic E-state index is 5.68. The van der Waals surface area contributed by atoms with Crippen molar-refractivity contribution in [3.05, 3.63) is 5.69 Å². The van der Waals surface area contributed by atoms with Crippen molar-refractivity contribution in [1.82, 2.24) is 15.0 Å². The van der Waals surface area contributed by atoms with Crippen molar-refractivity contribution in [1.29, 1.82) is 0 Å². The Labute approximate surface area is 59.0 Å². The molecule has 4 nitrogen and oxygen atoms in total. The van der Waals surface area contributed by atoms with Crippen LogP contribution >= 0.6 is 0 Å². The molecule has 0 amide bonds. The molecule has 0 bridgehead atoms. The largest absolute Gasteiger partial charge is 0.382 e. The number of aryl methyl sites for hydroxylation is 1. The maximum atomic E-state index is 5.68. The lowest BCUT2D eigenvalue weighted by molar-refractivity contribution is 0.720. The van der Waals surface area contributed by atoms with Crippen LogP contribution in [0.15, 0.2) is 0 Å². The van der Waals surface area contributed by atoms with Crippen molar-refractivity contribution in [3.63, 3.8) is 0 Å². The lowest BCUT2D eigenvalue weighted by Crippen LogP contribution is -1.98. The molecular weight excluding hydrogens is 128 g/mol. The summed E-state index contributed by atoms with van der Waals surface area (Å²) in [6.07, 6.45) is 2.45. The summed E-state index contributed by atoms with van der Waals surface area (Å²) >= 11 is 0. The third-order valence-corrected chi connectivity index (χ3v) is 1.86. The van der Waals surface area contributed by atoms with E-state index in [9.17, 15) is 0 Å². The van der Waals surface area contributed by atoms with E-state index >= 15 is 0 Å². The Morgan fingerprint density at radius 1 is 1.60 bits per heavy atom. The van der Waals surface area contributed by atoms with Gasteiger partial charge in [-0.2, -0.15) is 0 Å². The van der Waals surface area contributed by atoms with Crippen molar-refractivity contribution in [2.75, 3.05) is 5.73 Å². The average Bonchev–Trinajstić information content (AvgIpc) is 2.67. The fraction of sp³-hybridized carbons (Fsp3) is 0.667. The lowest BCUT2D eigenvalue weighted by atomic mass is 10.3. The van der Waals surface area contributed by atoms with E-state index in [2.05, 4.69) is 10.3 Å². The van der Waals surface area contributed by atoms with E-state index in [4.69, 9.17) is 5.73 Å². The van der Waals surface area contributed by atoms with E-state index in [0.717, 1.165) is 11.5 Å². The van der Waals surface area contributed by atoms with Crippen LogP contribution in [0.4, 0.5) is 5.82 Å². The van der Waals surface area contributed by atoms with E-state index in [1.807, 2.05) is 7.05 Å². The SMILES string of the molecule is Cn1nnc(C2CC2)c1N. The Kier molecular flexibility index (Phi) is 0.977. The van der Waals surface area contributed by atoms with Gasteiger partial charge in [0.2, 0.25) is 0 Å². The predicted molar refractivity (Wildman–Crippen MR) is 37.4 cm³/mol. The van der Waals surface area contributed by atoms with E-state index in [1.165, 1.54) is 12.8 Å². The molecule has 1 aliphatic rings. The highest BCUT2D eigenvalue weighted by Crippen LogP contribution is 2.40. The first-order valence-electron chi connectivity index (χ1n) is 3.44. The Hall–Kier alpha value is -1.06. The highest BCUT2D eigenvalue weighted by molar-refractivity contribution is 5.38. The molecule has 2 rings (SSSR count). The third kappa shape index (κ3) is 0.683. The molecule has 0 unspecified atom stereocenters. The van der Waals surface area contributed by atoms with Crippen molar-refractivity contribution >= 4 is 5.82 Å². The molecule has 0 aromatic carbocycles. The van der Waals surface area contributed by atoms with Crippen LogP contribution < -0.4 is 5.73 Å². The van der Waals surface area contributed by atoms with Gasteiger partial charge in [0, 0.05) is 13.0 Å². The van der Waals surface area contributed by atoms with Crippen LogP contribution in [-0.2, 0) is 7.05 Å². The van der Waals surface area contributed by atoms with Gasteiger partial charge in [0.25, 0.3) is 0 Å². The summed E-state index contributed by atoms with van der Waals surface area (Å²) in [5.41, 5.74) is 6.67. The maximum Gasteiger partial charge on any atom is 0.145 e. The molecule has 0 spiro atoms. The number of rotatable bonds is 1. The molecule has 0 radical (unpaired) electrons. The summed E-state index contributed by atoms with van der Waals surface area (Å²) in [5.74, 6) is 1.33. The van der Waals surface area contributed by atoms with E-state index < -0.39 is 0 Å². The van der Waals surface area contributed by atoms with Crippen LogP contribution in [0.5, 0.6) is 0 Å². The van der Waals surface area contributed by atoms with E-state index in [1.54, 1.807) is 4.68 Å². The van der Waals surface area contributed by atoms with Gasteiger partial charge in [-0.05, 0) is 12.8 Å². The summed E-state index contributed by atoms with van der Waals surface area (Å²) in [6, 6.07) is 0. The first-order valence-corrected chi connectivity index (χ1v) is 3.44. The van der Waals surface area contributed by atoms with Crippen LogP contribution in [0, 0.1) is 0 Å². The van der Waals surface area contributed by atoms with Crippen molar-refractivity contribution < 1.29 is 0 Å². The van der Waals surface area contributed by atoms with Gasteiger partial charge in [0.15, 0.2) is 0 Å². The Morgan fingerprint density at radius 3 is 2.70 bits per heavy atom. The molecule has 1 saturated carbocycles. The van der Waals surface area contributed by atoms with Gasteiger partial charge in [-0.3, -0.25) is 0 Å². The predicted octanol–water partition coefficient (Wildman–Crippen LogP) is 0.275. The number of hydrogen-bond donors (Lipinski definition) is 1. The normalized spacial score (nSPS) is 17.7. The van der Waals surface area contributed by atoms with Crippen molar-refractivity contribution in [2.45, 2.75) is 18.8 Å². The molecule has 1 aromatic heterocycles.